The van der Waals surface area contributed by atoms with Gasteiger partial charge in [-0.25, -0.2) is 0 Å². The first kappa shape index (κ1) is 20.9. The molecule has 5 heteroatoms. The van der Waals surface area contributed by atoms with Crippen molar-refractivity contribution in [2.75, 3.05) is 18.6 Å². The second-order valence-electron chi connectivity index (χ2n) is 6.96. The molecule has 0 unspecified atom stereocenters. The van der Waals surface area contributed by atoms with E-state index >= 15 is 0 Å². The highest BCUT2D eigenvalue weighted by Crippen LogP contribution is 2.37. The summed E-state index contributed by atoms with van der Waals surface area (Å²) in [5, 5.41) is 0. The Hall–Kier alpha value is -3.31. The summed E-state index contributed by atoms with van der Waals surface area (Å²) in [5.41, 5.74) is 4.08. The van der Waals surface area contributed by atoms with Gasteiger partial charge in [0.1, 0.15) is 11.5 Å². The molecule has 4 nitrogen and oxygen atoms in total. The molecule has 0 fully saturated rings. The zero-order valence-electron chi connectivity index (χ0n) is 17.3. The Labute approximate surface area is 190 Å². The van der Waals surface area contributed by atoms with Gasteiger partial charge in [0, 0.05) is 11.6 Å². The van der Waals surface area contributed by atoms with Gasteiger partial charge in [0.2, 0.25) is 0 Å². The summed E-state index contributed by atoms with van der Waals surface area (Å²) in [7, 11) is 1.62. The van der Waals surface area contributed by atoms with E-state index in [0.717, 1.165) is 32.7 Å². The van der Waals surface area contributed by atoms with Gasteiger partial charge in [-0.15, -0.1) is 0 Å². The Bertz CT molecular complexity index is 1170. The topological polar surface area (TPSA) is 38.8 Å². The van der Waals surface area contributed by atoms with Crippen LogP contribution in [0, 0.1) is 0 Å². The Morgan fingerprint density at radius 1 is 1.00 bits per heavy atom. The number of halogens is 1. The summed E-state index contributed by atoms with van der Waals surface area (Å²) in [4.78, 5) is 15.2. The van der Waals surface area contributed by atoms with Crippen LogP contribution in [0.1, 0.15) is 18.1 Å². The highest BCUT2D eigenvalue weighted by atomic mass is 79.9. The van der Waals surface area contributed by atoms with Crippen molar-refractivity contribution in [3.8, 4) is 11.5 Å². The molecular formula is C26H22BrNO3. The van der Waals surface area contributed by atoms with Crippen molar-refractivity contribution in [1.82, 2.24) is 0 Å². The molecule has 3 aromatic carbocycles. The van der Waals surface area contributed by atoms with Crippen molar-refractivity contribution in [1.29, 1.82) is 0 Å². The maximum atomic E-state index is 13.5. The number of ether oxygens (including phenoxy) is 2. The van der Waals surface area contributed by atoms with Gasteiger partial charge >= 0.3 is 0 Å². The van der Waals surface area contributed by atoms with Crippen molar-refractivity contribution in [2.24, 2.45) is 0 Å². The van der Waals surface area contributed by atoms with Gasteiger partial charge in [0.15, 0.2) is 0 Å². The maximum absolute atomic E-state index is 13.5. The van der Waals surface area contributed by atoms with Crippen LogP contribution in [-0.2, 0) is 4.79 Å². The van der Waals surface area contributed by atoms with Gasteiger partial charge in [-0.3, -0.25) is 9.69 Å². The van der Waals surface area contributed by atoms with E-state index in [-0.39, 0.29) is 5.91 Å². The summed E-state index contributed by atoms with van der Waals surface area (Å²) in [6.07, 6.45) is 3.83. The van der Waals surface area contributed by atoms with Crippen LogP contribution in [0.2, 0.25) is 0 Å². The standard InChI is InChI=1S/C26H22BrNO3/c1-3-31-25-13-12-18(15-23(25)27)14-20-16-24(19-8-5-4-6-9-19)28(26(20)29)21-10-7-11-22(17-21)30-2/h4-17H,3H2,1-2H3/b20-14+. The molecule has 1 heterocycles. The number of amides is 1. The van der Waals surface area contributed by atoms with Crippen LogP contribution in [0.5, 0.6) is 11.5 Å². The normalized spacial score (nSPS) is 14.7. The number of carbonyl (C=O) groups is 1. The number of carbonyl (C=O) groups excluding carboxylic acids is 1. The quantitative estimate of drug-likeness (QED) is 0.391. The average molecular weight is 476 g/mol. The van der Waals surface area contributed by atoms with Crippen molar-refractivity contribution >= 4 is 39.3 Å². The van der Waals surface area contributed by atoms with Crippen LogP contribution >= 0.6 is 15.9 Å². The Kier molecular flexibility index (Phi) is 6.23. The Morgan fingerprint density at radius 2 is 1.81 bits per heavy atom. The molecular weight excluding hydrogens is 454 g/mol. The third-order valence-corrected chi connectivity index (χ3v) is 5.56. The zero-order valence-corrected chi connectivity index (χ0v) is 18.9. The van der Waals surface area contributed by atoms with Crippen LogP contribution < -0.4 is 14.4 Å². The summed E-state index contributed by atoms with van der Waals surface area (Å²) >= 11 is 3.55. The van der Waals surface area contributed by atoms with Crippen LogP contribution in [0.4, 0.5) is 5.69 Å². The van der Waals surface area contributed by atoms with Crippen LogP contribution in [-0.4, -0.2) is 19.6 Å². The zero-order chi connectivity index (χ0) is 21.8. The van der Waals surface area contributed by atoms with Gasteiger partial charge in [0.05, 0.1) is 29.6 Å². The van der Waals surface area contributed by atoms with E-state index in [0.29, 0.717) is 17.9 Å². The molecule has 1 aliphatic heterocycles. The van der Waals surface area contributed by atoms with E-state index in [9.17, 15) is 4.79 Å². The van der Waals surface area contributed by atoms with Crippen molar-refractivity contribution in [3.63, 3.8) is 0 Å². The second-order valence-corrected chi connectivity index (χ2v) is 7.81. The van der Waals surface area contributed by atoms with E-state index in [1.54, 1.807) is 12.0 Å². The number of benzene rings is 3. The number of hydrogen-bond acceptors (Lipinski definition) is 3. The summed E-state index contributed by atoms with van der Waals surface area (Å²) in [6, 6.07) is 23.2. The van der Waals surface area contributed by atoms with E-state index < -0.39 is 0 Å². The third-order valence-electron chi connectivity index (χ3n) is 4.94. The minimum Gasteiger partial charge on any atom is -0.497 e. The monoisotopic (exact) mass is 475 g/mol. The van der Waals surface area contributed by atoms with Gasteiger partial charge in [-0.05, 0) is 70.4 Å². The van der Waals surface area contributed by atoms with Gasteiger partial charge in [-0.1, -0.05) is 42.5 Å². The lowest BCUT2D eigenvalue weighted by Gasteiger charge is -2.21. The minimum atomic E-state index is -0.0860. The van der Waals surface area contributed by atoms with Crippen molar-refractivity contribution < 1.29 is 14.3 Å². The van der Waals surface area contributed by atoms with Crippen molar-refractivity contribution in [2.45, 2.75) is 6.92 Å². The maximum Gasteiger partial charge on any atom is 0.262 e. The molecule has 0 saturated carbocycles. The van der Waals surface area contributed by atoms with Crippen molar-refractivity contribution in [3.05, 3.63) is 100 Å². The van der Waals surface area contributed by atoms with E-state index in [2.05, 4.69) is 15.9 Å². The molecule has 0 N–H and O–H groups in total. The number of rotatable bonds is 6. The lowest BCUT2D eigenvalue weighted by Crippen LogP contribution is -2.24. The first-order chi connectivity index (χ1) is 15.1. The number of nitrogens with zero attached hydrogens (tertiary/aromatic N) is 1. The molecule has 0 spiro atoms. The highest BCUT2D eigenvalue weighted by Gasteiger charge is 2.30. The fourth-order valence-electron chi connectivity index (χ4n) is 3.50. The smallest absolute Gasteiger partial charge is 0.262 e. The van der Waals surface area contributed by atoms with Crippen LogP contribution in [0.15, 0.2) is 88.9 Å². The molecule has 156 valence electrons. The predicted molar refractivity (Wildman–Crippen MR) is 128 cm³/mol. The third kappa shape index (κ3) is 4.42. The fourth-order valence-corrected chi connectivity index (χ4v) is 4.01. The molecule has 0 aliphatic carbocycles. The largest absolute Gasteiger partial charge is 0.497 e. The highest BCUT2D eigenvalue weighted by molar-refractivity contribution is 9.10. The SMILES string of the molecule is CCOc1ccc(/C=C2\C=C(c3ccccc3)N(c3cccc(OC)c3)C2=O)cc1Br. The van der Waals surface area contributed by atoms with Gasteiger partial charge in [0.25, 0.3) is 5.91 Å². The van der Waals surface area contributed by atoms with E-state index in [1.165, 1.54) is 0 Å². The second kappa shape index (κ2) is 9.23. The average Bonchev–Trinajstić information content (AvgIpc) is 3.12. The molecule has 0 aromatic heterocycles. The number of anilines is 1. The summed E-state index contributed by atoms with van der Waals surface area (Å²) in [6.45, 7) is 2.54. The molecule has 1 amide bonds. The summed E-state index contributed by atoms with van der Waals surface area (Å²) in [5.74, 6) is 1.39. The minimum absolute atomic E-state index is 0.0860. The van der Waals surface area contributed by atoms with Crippen LogP contribution in [0.25, 0.3) is 11.8 Å². The molecule has 0 atom stereocenters. The molecule has 1 aliphatic rings. The molecule has 31 heavy (non-hydrogen) atoms. The molecule has 4 rings (SSSR count). The van der Waals surface area contributed by atoms with Gasteiger partial charge < -0.3 is 9.47 Å². The van der Waals surface area contributed by atoms with Gasteiger partial charge in [-0.2, -0.15) is 0 Å². The van der Waals surface area contributed by atoms with Crippen LogP contribution in [0.3, 0.4) is 0 Å². The predicted octanol–water partition coefficient (Wildman–Crippen LogP) is 6.33. The number of hydrogen-bond donors (Lipinski definition) is 0. The fraction of sp³-hybridized carbons (Fsp3) is 0.115. The molecule has 3 aromatic rings. The molecule has 0 bridgehead atoms. The molecule has 0 radical (unpaired) electrons. The lowest BCUT2D eigenvalue weighted by molar-refractivity contribution is -0.113. The van der Waals surface area contributed by atoms with E-state index in [1.807, 2.05) is 91.9 Å². The first-order valence-electron chi connectivity index (χ1n) is 10.0. The Morgan fingerprint density at radius 3 is 2.52 bits per heavy atom. The molecule has 0 saturated heterocycles. The lowest BCUT2D eigenvalue weighted by atomic mass is 10.1. The van der Waals surface area contributed by atoms with E-state index in [4.69, 9.17) is 9.47 Å². The first-order valence-corrected chi connectivity index (χ1v) is 10.8. The number of methoxy groups -OCH3 is 1. The summed E-state index contributed by atoms with van der Waals surface area (Å²) < 4.78 is 11.8. The Balaban J connectivity index is 1.77.